The van der Waals surface area contributed by atoms with Gasteiger partial charge >= 0.3 is 0 Å². The lowest BCUT2D eigenvalue weighted by Crippen LogP contribution is -1.71. The fraction of sp³-hybridized carbons (Fsp3) is 0. The van der Waals surface area contributed by atoms with E-state index in [4.69, 9.17) is 16.3 Å². The number of hydrogen-bond donors (Lipinski definition) is 0. The fourth-order valence-corrected chi connectivity index (χ4v) is 1.90. The lowest BCUT2D eigenvalue weighted by molar-refractivity contribution is 0.669. The first kappa shape index (κ1) is 9.45. The second kappa shape index (κ2) is 3.37. The lowest BCUT2D eigenvalue weighted by Gasteiger charge is -1.90. The van der Waals surface area contributed by atoms with Gasteiger partial charge in [-0.3, -0.25) is 0 Å². The Morgan fingerprint density at radius 1 is 1.06 bits per heavy atom. The van der Waals surface area contributed by atoms with Crippen LogP contribution in [0.25, 0.3) is 26.8 Å². The normalized spacial score (nSPS) is 10.2. The Balaban J connectivity index is 2.42. The molecular weight excluding hydrogens is 212 g/mol. The highest BCUT2D eigenvalue weighted by Gasteiger charge is 2.07. The third-order valence-corrected chi connectivity index (χ3v) is 2.72. The van der Waals surface area contributed by atoms with Crippen LogP contribution in [0.5, 0.6) is 0 Å². The molecule has 0 aliphatic carbocycles. The molecule has 0 spiro atoms. The number of fused-ring (bicyclic) bond motifs is 3. The van der Waals surface area contributed by atoms with Gasteiger partial charge in [0.05, 0.1) is 18.2 Å². The Morgan fingerprint density at radius 2 is 1.76 bits per heavy atom. The van der Waals surface area contributed by atoms with E-state index < -0.39 is 0 Å². The van der Waals surface area contributed by atoms with E-state index in [2.05, 4.69) is 10.9 Å². The maximum absolute atomic E-state index is 8.82. The van der Waals surface area contributed by atoms with E-state index >= 15 is 0 Å². The molecule has 3 nitrogen and oxygen atoms in total. The van der Waals surface area contributed by atoms with Crippen molar-refractivity contribution in [2.45, 2.75) is 0 Å². The van der Waals surface area contributed by atoms with Crippen molar-refractivity contribution in [2.24, 2.45) is 0 Å². The smallest absolute Gasteiger partial charge is 0.190 e. The zero-order chi connectivity index (χ0) is 11.8. The highest BCUT2D eigenvalue weighted by molar-refractivity contribution is 6.05. The van der Waals surface area contributed by atoms with E-state index in [1.165, 1.54) is 0 Å². The van der Waals surface area contributed by atoms with Crippen LogP contribution in [-0.4, -0.2) is 0 Å². The molecule has 0 bridgehead atoms. The van der Waals surface area contributed by atoms with Crippen LogP contribution in [0.4, 0.5) is 5.69 Å². The quantitative estimate of drug-likeness (QED) is 0.535. The number of nitrogens with zero attached hydrogens (tertiary/aromatic N) is 2. The third-order valence-electron chi connectivity index (χ3n) is 2.72. The van der Waals surface area contributed by atoms with E-state index in [-0.39, 0.29) is 0 Å². The summed E-state index contributed by atoms with van der Waals surface area (Å²) in [4.78, 5) is 3.36. The summed E-state index contributed by atoms with van der Waals surface area (Å²) in [5.41, 5.74) is 2.49. The number of benzene rings is 2. The first-order chi connectivity index (χ1) is 8.31. The van der Waals surface area contributed by atoms with Crippen molar-refractivity contribution in [1.29, 1.82) is 5.26 Å². The summed E-state index contributed by atoms with van der Waals surface area (Å²) < 4.78 is 5.64. The Morgan fingerprint density at radius 3 is 2.47 bits per heavy atom. The Kier molecular flexibility index (Phi) is 1.87. The molecule has 0 aliphatic heterocycles. The van der Waals surface area contributed by atoms with E-state index in [1.54, 1.807) is 24.3 Å². The maximum atomic E-state index is 8.82. The Hall–Kier alpha value is -2.78. The van der Waals surface area contributed by atoms with E-state index in [1.807, 2.05) is 12.1 Å². The molecule has 0 aliphatic rings. The van der Waals surface area contributed by atoms with Crippen molar-refractivity contribution in [3.63, 3.8) is 0 Å². The van der Waals surface area contributed by atoms with Crippen molar-refractivity contribution in [2.75, 3.05) is 0 Å². The molecule has 1 heterocycles. The van der Waals surface area contributed by atoms with Gasteiger partial charge < -0.3 is 4.42 Å². The van der Waals surface area contributed by atoms with Gasteiger partial charge in [0.2, 0.25) is 0 Å². The molecule has 2 aromatic carbocycles. The second-order valence-electron chi connectivity index (χ2n) is 3.72. The van der Waals surface area contributed by atoms with Gasteiger partial charge in [-0.05, 0) is 24.3 Å². The monoisotopic (exact) mass is 218 g/mol. The van der Waals surface area contributed by atoms with Gasteiger partial charge in [0.25, 0.3) is 0 Å². The predicted molar refractivity (Wildman–Crippen MR) is 64.7 cm³/mol. The molecule has 0 atom stereocenters. The molecule has 0 radical (unpaired) electrons. The molecule has 17 heavy (non-hydrogen) atoms. The maximum Gasteiger partial charge on any atom is 0.190 e. The van der Waals surface area contributed by atoms with Crippen LogP contribution in [0.3, 0.4) is 0 Å². The van der Waals surface area contributed by atoms with Crippen LogP contribution in [0, 0.1) is 17.9 Å². The third kappa shape index (κ3) is 1.34. The van der Waals surface area contributed by atoms with Crippen LogP contribution < -0.4 is 0 Å². The van der Waals surface area contributed by atoms with Crippen molar-refractivity contribution in [3.8, 4) is 6.07 Å². The van der Waals surface area contributed by atoms with Crippen molar-refractivity contribution < 1.29 is 4.42 Å². The van der Waals surface area contributed by atoms with Crippen LogP contribution in [0.2, 0.25) is 0 Å². The zero-order valence-electron chi connectivity index (χ0n) is 8.77. The molecule has 0 fully saturated rings. The van der Waals surface area contributed by atoms with Gasteiger partial charge in [-0.25, -0.2) is 4.85 Å². The minimum absolute atomic E-state index is 0.553. The SMILES string of the molecule is [C-]#[N+]c1ccc2c(c1)oc1cc(C#N)ccc12. The summed E-state index contributed by atoms with van der Waals surface area (Å²) in [5, 5.41) is 10.8. The topological polar surface area (TPSA) is 41.3 Å². The molecule has 3 aromatic rings. The molecule has 78 valence electrons. The van der Waals surface area contributed by atoms with Gasteiger partial charge in [-0.1, -0.05) is 12.1 Å². The number of nitriles is 1. The largest absolute Gasteiger partial charge is 0.457 e. The van der Waals surface area contributed by atoms with Gasteiger partial charge in [0, 0.05) is 10.8 Å². The summed E-state index contributed by atoms with van der Waals surface area (Å²) in [6, 6.07) is 12.8. The average Bonchev–Trinajstić information content (AvgIpc) is 2.74. The lowest BCUT2D eigenvalue weighted by atomic mass is 10.1. The second-order valence-corrected chi connectivity index (χ2v) is 3.72. The molecule has 0 saturated heterocycles. The molecule has 3 heteroatoms. The molecule has 0 saturated carbocycles. The molecule has 0 amide bonds. The molecule has 3 rings (SSSR count). The summed E-state index contributed by atoms with van der Waals surface area (Å²) >= 11 is 0. The zero-order valence-corrected chi connectivity index (χ0v) is 8.77. The minimum Gasteiger partial charge on any atom is -0.457 e. The highest BCUT2D eigenvalue weighted by Crippen LogP contribution is 2.31. The van der Waals surface area contributed by atoms with Gasteiger partial charge in [0.15, 0.2) is 5.69 Å². The molecule has 0 unspecified atom stereocenters. The first-order valence-electron chi connectivity index (χ1n) is 5.06. The van der Waals surface area contributed by atoms with Gasteiger partial charge in [-0.15, -0.1) is 0 Å². The van der Waals surface area contributed by atoms with E-state index in [0.717, 1.165) is 10.8 Å². The van der Waals surface area contributed by atoms with Crippen molar-refractivity contribution in [1.82, 2.24) is 0 Å². The average molecular weight is 218 g/mol. The number of furan rings is 1. The number of rotatable bonds is 0. The van der Waals surface area contributed by atoms with Crippen LogP contribution in [0.1, 0.15) is 5.56 Å². The predicted octanol–water partition coefficient (Wildman–Crippen LogP) is 4.01. The van der Waals surface area contributed by atoms with Crippen molar-refractivity contribution in [3.05, 3.63) is 53.4 Å². The Bertz CT molecular complexity index is 747. The highest BCUT2D eigenvalue weighted by atomic mass is 16.3. The van der Waals surface area contributed by atoms with Crippen LogP contribution in [0.15, 0.2) is 40.8 Å². The molecular formula is C14H6N2O. The molecule has 1 aromatic heterocycles. The summed E-state index contributed by atoms with van der Waals surface area (Å²) in [6.07, 6.45) is 0. The van der Waals surface area contributed by atoms with Gasteiger partial charge in [0.1, 0.15) is 11.2 Å². The fourth-order valence-electron chi connectivity index (χ4n) is 1.90. The van der Waals surface area contributed by atoms with E-state index in [9.17, 15) is 0 Å². The molecule has 0 N–H and O–H groups in total. The van der Waals surface area contributed by atoms with E-state index in [0.29, 0.717) is 22.4 Å². The summed E-state index contributed by atoms with van der Waals surface area (Å²) in [6.45, 7) is 6.96. The minimum atomic E-state index is 0.553. The summed E-state index contributed by atoms with van der Waals surface area (Å²) in [7, 11) is 0. The van der Waals surface area contributed by atoms with Crippen LogP contribution in [-0.2, 0) is 0 Å². The number of hydrogen-bond acceptors (Lipinski definition) is 2. The summed E-state index contributed by atoms with van der Waals surface area (Å²) in [5.74, 6) is 0. The van der Waals surface area contributed by atoms with Crippen molar-refractivity contribution >= 4 is 27.6 Å². The first-order valence-corrected chi connectivity index (χ1v) is 5.06. The standard InChI is InChI=1S/C14H6N2O/c1-16-10-3-5-12-11-4-2-9(8-15)6-13(11)17-14(12)7-10/h2-7H. The van der Waals surface area contributed by atoms with Crippen LogP contribution >= 0.6 is 0 Å². The van der Waals surface area contributed by atoms with Gasteiger partial charge in [-0.2, -0.15) is 5.26 Å². The Labute approximate surface area is 97.3 Å².